The topological polar surface area (TPSA) is 133 Å². The maximum absolute atomic E-state index is 11.3. The fourth-order valence-corrected chi connectivity index (χ4v) is 6.85. The van der Waals surface area contributed by atoms with Gasteiger partial charge in [0.25, 0.3) is 0 Å². The van der Waals surface area contributed by atoms with Crippen molar-refractivity contribution in [2.75, 3.05) is 6.61 Å². The average molecular weight is 753 g/mol. The first-order valence-corrected chi connectivity index (χ1v) is 17.8. The molecule has 0 rings (SSSR count). The van der Waals surface area contributed by atoms with E-state index in [4.69, 9.17) is 69.6 Å². The molecular weight excluding hydrogens is 715 g/mol. The van der Waals surface area contributed by atoms with Gasteiger partial charge in [-0.25, -0.2) is 16.8 Å². The first-order chi connectivity index (χ1) is 17.5. The molecule has 0 aromatic heterocycles. The van der Waals surface area contributed by atoms with E-state index in [1.54, 1.807) is 0 Å². The Morgan fingerprint density at radius 2 is 1.23 bits per heavy atom. The van der Waals surface area contributed by atoms with E-state index in [2.05, 4.69) is 15.3 Å². The largest absolute Gasteiger partial charge is 1.00 e. The van der Waals surface area contributed by atoms with E-state index in [-0.39, 0.29) is 77.3 Å². The van der Waals surface area contributed by atoms with Gasteiger partial charge < -0.3 is 9.11 Å². The Bertz CT molecular complexity index is 843. The summed E-state index contributed by atoms with van der Waals surface area (Å²) in [6, 6.07) is 0. The molecule has 0 fully saturated rings. The van der Waals surface area contributed by atoms with Crippen LogP contribution in [0.25, 0.3) is 0 Å². The van der Waals surface area contributed by atoms with Gasteiger partial charge in [0.1, 0.15) is 10.4 Å². The van der Waals surface area contributed by atoms with Crippen molar-refractivity contribution in [3.8, 4) is 0 Å². The average Bonchev–Trinajstić information content (AvgIpc) is 2.79. The van der Waals surface area contributed by atoms with Crippen molar-refractivity contribution in [2.45, 2.75) is 129 Å². The molecule has 0 aliphatic carbocycles. The molecule has 0 aliphatic heterocycles. The van der Waals surface area contributed by atoms with E-state index in [9.17, 15) is 25.9 Å². The van der Waals surface area contributed by atoms with Gasteiger partial charge in [0.15, 0.2) is 0 Å². The van der Waals surface area contributed by atoms with Crippen molar-refractivity contribution in [3.05, 3.63) is 0 Å². The Balaban J connectivity index is -0.00000684. The molecule has 230 valence electrons. The summed E-state index contributed by atoms with van der Waals surface area (Å²) in [5.74, 6) is 0. The predicted molar refractivity (Wildman–Crippen MR) is 154 cm³/mol. The zero-order valence-corrected chi connectivity index (χ0v) is 33.5. The molecular formula is C22H38Cl6Na2O8S2. The van der Waals surface area contributed by atoms with Crippen molar-refractivity contribution in [2.24, 2.45) is 0 Å². The van der Waals surface area contributed by atoms with Gasteiger partial charge in [0.05, 0.1) is 22.7 Å². The molecule has 0 N–H and O–H groups in total. The molecule has 0 spiro atoms. The van der Waals surface area contributed by atoms with Crippen molar-refractivity contribution < 1.29 is 93.4 Å². The summed E-state index contributed by atoms with van der Waals surface area (Å²) in [7, 11) is -9.89. The molecule has 0 bridgehead atoms. The quantitative estimate of drug-likeness (QED) is 0.0476. The molecule has 0 unspecified atom stereocenters. The molecule has 0 heterocycles. The van der Waals surface area contributed by atoms with E-state index in [0.29, 0.717) is 19.3 Å². The van der Waals surface area contributed by atoms with Crippen molar-refractivity contribution in [1.29, 1.82) is 0 Å². The number of halogens is 6. The third-order valence-corrected chi connectivity index (χ3v) is 9.24. The molecule has 0 aliphatic rings. The Kier molecular flexibility index (Phi) is 30.6. The van der Waals surface area contributed by atoms with Gasteiger partial charge in [0.2, 0.25) is 20.8 Å². The molecule has 0 amide bonds. The van der Waals surface area contributed by atoms with Crippen LogP contribution in [0.2, 0.25) is 0 Å². The normalized spacial score (nSPS) is 16.3. The number of rotatable bonds is 24. The molecule has 18 heteroatoms. The first kappa shape index (κ1) is 47.9. The first-order valence-electron chi connectivity index (χ1n) is 12.7. The molecule has 0 aromatic rings. The fourth-order valence-electron chi connectivity index (χ4n) is 3.76. The molecule has 5 atom stereocenters. The van der Waals surface area contributed by atoms with Crippen molar-refractivity contribution in [1.82, 2.24) is 0 Å². The zero-order chi connectivity index (χ0) is 29.4. The van der Waals surface area contributed by atoms with Gasteiger partial charge in [-0.05, 0) is 25.7 Å². The van der Waals surface area contributed by atoms with Crippen LogP contribution in [0, 0.1) is 0 Å². The van der Waals surface area contributed by atoms with Gasteiger partial charge in [0, 0.05) is 5.38 Å². The van der Waals surface area contributed by atoms with E-state index in [0.717, 1.165) is 57.8 Å². The van der Waals surface area contributed by atoms with Crippen molar-refractivity contribution >= 4 is 90.4 Å². The molecule has 0 aromatic carbocycles. The molecule has 0 saturated carbocycles. The van der Waals surface area contributed by atoms with Crippen LogP contribution in [0.5, 0.6) is 0 Å². The molecule has 40 heavy (non-hydrogen) atoms. The van der Waals surface area contributed by atoms with Gasteiger partial charge in [-0.3, -0.25) is 8.37 Å². The van der Waals surface area contributed by atoms with Crippen molar-refractivity contribution in [3.63, 3.8) is 0 Å². The van der Waals surface area contributed by atoms with E-state index in [1.165, 1.54) is 0 Å². The number of unbranched alkanes of at least 4 members (excludes halogenated alkanes) is 8. The summed E-state index contributed by atoms with van der Waals surface area (Å²) < 4.78 is 72.6. The second kappa shape index (κ2) is 25.6. The second-order valence-corrected chi connectivity index (χ2v) is 15.3. The summed E-state index contributed by atoms with van der Waals surface area (Å²) in [5.41, 5.74) is 0. The second-order valence-electron chi connectivity index (χ2n) is 9.31. The summed E-state index contributed by atoms with van der Waals surface area (Å²) >= 11 is 37.5. The summed E-state index contributed by atoms with van der Waals surface area (Å²) in [4.78, 5) is 0. The zero-order valence-electron chi connectivity index (χ0n) is 23.3. The summed E-state index contributed by atoms with van der Waals surface area (Å²) in [5, 5.41) is -2.91. The third kappa shape index (κ3) is 27.8. The maximum Gasteiger partial charge on any atom is 1.00 e. The fraction of sp³-hybridized carbons (Fsp3) is 1.00. The molecule has 8 nitrogen and oxygen atoms in total. The Labute approximate surface area is 315 Å². The van der Waals surface area contributed by atoms with E-state index < -0.39 is 54.0 Å². The van der Waals surface area contributed by atoms with Gasteiger partial charge >= 0.3 is 59.1 Å². The minimum Gasteiger partial charge on any atom is -0.726 e. The van der Waals surface area contributed by atoms with Crippen LogP contribution in [0.4, 0.5) is 0 Å². The summed E-state index contributed by atoms with van der Waals surface area (Å²) in [6.45, 7) is 1.48. The predicted octanol–water partition coefficient (Wildman–Crippen LogP) is 1.40. The van der Waals surface area contributed by atoms with Crippen LogP contribution < -0.4 is 59.1 Å². The van der Waals surface area contributed by atoms with Crippen LogP contribution in [-0.2, 0) is 29.2 Å². The smallest absolute Gasteiger partial charge is 0.726 e. The van der Waals surface area contributed by atoms with Crippen LogP contribution in [0.15, 0.2) is 0 Å². The summed E-state index contributed by atoms with van der Waals surface area (Å²) in [6.07, 6.45) is 9.10. The standard InChI is InChI=1S/C22H40Cl6O8S2.2Na/c1-2-3-4-10-13-18(24)20(26)21(36-38(32,33)34)19(25)15-17(23)12-9-7-5-6-8-11-14-22(27,28)16-35-37(29,30)31;;/h17-21H,2-16H2,1H3,(H,29,30,31)(H,32,33,34);;/q;2*+1/p-2/t17-,18+,19+,20+,21-;;/m0../s1. The van der Waals surface area contributed by atoms with Crippen LogP contribution >= 0.6 is 69.6 Å². The number of alkyl halides is 6. The van der Waals surface area contributed by atoms with Gasteiger partial charge in [-0.15, -0.1) is 46.4 Å². The molecule has 0 radical (unpaired) electrons. The minimum absolute atomic E-state index is 0. The van der Waals surface area contributed by atoms with Crippen LogP contribution in [0.3, 0.4) is 0 Å². The minimum atomic E-state index is -5.05. The Morgan fingerprint density at radius 3 is 1.75 bits per heavy atom. The maximum atomic E-state index is 11.3. The molecule has 0 saturated heterocycles. The number of hydrogen-bond acceptors (Lipinski definition) is 8. The van der Waals surface area contributed by atoms with E-state index in [1.807, 2.05) is 0 Å². The van der Waals surface area contributed by atoms with Gasteiger partial charge in [-0.2, -0.15) is 0 Å². The van der Waals surface area contributed by atoms with Crippen LogP contribution in [0.1, 0.15) is 96.8 Å². The van der Waals surface area contributed by atoms with Gasteiger partial charge in [-0.1, -0.05) is 94.3 Å². The SMILES string of the molecule is CCCCCC[C@@H](Cl)[C@@H](Cl)[C@@H](OS(=O)(=O)[O-])[C@H](Cl)C[C@@H](Cl)CCCCCCCCC(Cl)(Cl)COS(=O)(=O)[O-].[Na+].[Na+]. The Hall–Kier alpha value is 3.48. The Morgan fingerprint density at radius 1 is 0.725 bits per heavy atom. The van der Waals surface area contributed by atoms with E-state index >= 15 is 0 Å². The van der Waals surface area contributed by atoms with Crippen LogP contribution in [-0.4, -0.2) is 64.5 Å². The third-order valence-electron chi connectivity index (χ3n) is 5.78. The monoisotopic (exact) mass is 750 g/mol. The number of hydrogen-bond donors (Lipinski definition) is 0.